The highest BCUT2D eigenvalue weighted by molar-refractivity contribution is 5.99. The van der Waals surface area contributed by atoms with E-state index < -0.39 is 0 Å². The van der Waals surface area contributed by atoms with Crippen molar-refractivity contribution in [1.82, 2.24) is 0 Å². The molecule has 3 nitrogen and oxygen atoms in total. The normalized spacial score (nSPS) is 16.9. The van der Waals surface area contributed by atoms with Crippen molar-refractivity contribution in [2.75, 3.05) is 19.8 Å². The standard InChI is InChI=1S/C17H24O3/c1-17(2,3)16(18)14-4-6-15(7-5-14)20-12-13-8-10-19-11-9-13/h4-7,13H,8-12H2,1-3H3. The summed E-state index contributed by atoms with van der Waals surface area (Å²) in [5.74, 6) is 1.58. The maximum Gasteiger partial charge on any atom is 0.168 e. The van der Waals surface area contributed by atoms with Crippen molar-refractivity contribution >= 4 is 5.78 Å². The van der Waals surface area contributed by atoms with Crippen LogP contribution in [-0.4, -0.2) is 25.6 Å². The number of ether oxygens (including phenoxy) is 2. The van der Waals surface area contributed by atoms with Gasteiger partial charge in [0, 0.05) is 24.2 Å². The maximum absolute atomic E-state index is 12.1. The predicted molar refractivity (Wildman–Crippen MR) is 79.3 cm³/mol. The Morgan fingerprint density at radius 2 is 1.80 bits per heavy atom. The van der Waals surface area contributed by atoms with E-state index in [2.05, 4.69) is 0 Å². The van der Waals surface area contributed by atoms with E-state index in [-0.39, 0.29) is 11.2 Å². The Morgan fingerprint density at radius 1 is 1.20 bits per heavy atom. The summed E-state index contributed by atoms with van der Waals surface area (Å²) in [4.78, 5) is 12.1. The van der Waals surface area contributed by atoms with Crippen LogP contribution in [0.15, 0.2) is 24.3 Å². The van der Waals surface area contributed by atoms with Gasteiger partial charge in [0.2, 0.25) is 0 Å². The first kappa shape index (κ1) is 15.0. The Hall–Kier alpha value is -1.35. The van der Waals surface area contributed by atoms with Crippen molar-refractivity contribution in [1.29, 1.82) is 0 Å². The Bertz CT molecular complexity index is 436. The SMILES string of the molecule is CC(C)(C)C(=O)c1ccc(OCC2CCOCC2)cc1. The second-order valence-corrected chi connectivity index (χ2v) is 6.47. The van der Waals surface area contributed by atoms with E-state index in [1.54, 1.807) is 0 Å². The molecule has 0 N–H and O–H groups in total. The van der Waals surface area contributed by atoms with Crippen LogP contribution in [0.25, 0.3) is 0 Å². The van der Waals surface area contributed by atoms with E-state index in [1.807, 2.05) is 45.0 Å². The number of hydrogen-bond donors (Lipinski definition) is 0. The lowest BCUT2D eigenvalue weighted by molar-refractivity contribution is 0.0497. The fourth-order valence-electron chi connectivity index (χ4n) is 2.26. The first-order chi connectivity index (χ1) is 9.47. The van der Waals surface area contributed by atoms with Gasteiger partial charge in [-0.05, 0) is 43.0 Å². The van der Waals surface area contributed by atoms with Crippen LogP contribution >= 0.6 is 0 Å². The quantitative estimate of drug-likeness (QED) is 0.786. The van der Waals surface area contributed by atoms with Gasteiger partial charge in [-0.2, -0.15) is 0 Å². The van der Waals surface area contributed by atoms with Crippen molar-refractivity contribution < 1.29 is 14.3 Å². The van der Waals surface area contributed by atoms with Crippen molar-refractivity contribution in [2.24, 2.45) is 11.3 Å². The second-order valence-electron chi connectivity index (χ2n) is 6.47. The van der Waals surface area contributed by atoms with Crippen LogP contribution in [0.1, 0.15) is 44.0 Å². The van der Waals surface area contributed by atoms with E-state index >= 15 is 0 Å². The Balaban J connectivity index is 1.89. The lowest BCUT2D eigenvalue weighted by Crippen LogP contribution is -2.21. The highest BCUT2D eigenvalue weighted by atomic mass is 16.5. The van der Waals surface area contributed by atoms with Gasteiger partial charge in [0.25, 0.3) is 0 Å². The summed E-state index contributed by atoms with van der Waals surface area (Å²) in [7, 11) is 0. The van der Waals surface area contributed by atoms with Crippen molar-refractivity contribution in [3.05, 3.63) is 29.8 Å². The molecule has 0 spiro atoms. The van der Waals surface area contributed by atoms with Crippen LogP contribution in [-0.2, 0) is 4.74 Å². The molecule has 0 atom stereocenters. The first-order valence-corrected chi connectivity index (χ1v) is 7.32. The highest BCUT2D eigenvalue weighted by Gasteiger charge is 2.22. The monoisotopic (exact) mass is 276 g/mol. The molecule has 0 bridgehead atoms. The summed E-state index contributed by atoms with van der Waals surface area (Å²) in [5, 5.41) is 0. The molecule has 0 unspecified atom stereocenters. The summed E-state index contributed by atoms with van der Waals surface area (Å²) in [5.41, 5.74) is 0.403. The summed E-state index contributed by atoms with van der Waals surface area (Å²) in [6.07, 6.45) is 2.14. The second kappa shape index (κ2) is 6.40. The molecule has 110 valence electrons. The minimum atomic E-state index is -0.343. The van der Waals surface area contributed by atoms with Crippen molar-refractivity contribution in [3.63, 3.8) is 0 Å². The smallest absolute Gasteiger partial charge is 0.168 e. The van der Waals surface area contributed by atoms with Gasteiger partial charge in [-0.1, -0.05) is 20.8 Å². The fourth-order valence-corrected chi connectivity index (χ4v) is 2.26. The number of carbonyl (C=O) groups excluding carboxylic acids is 1. The largest absolute Gasteiger partial charge is 0.493 e. The van der Waals surface area contributed by atoms with Crippen molar-refractivity contribution in [3.8, 4) is 5.75 Å². The van der Waals surface area contributed by atoms with E-state index in [1.165, 1.54) is 0 Å². The van der Waals surface area contributed by atoms with Crippen LogP contribution in [0.5, 0.6) is 5.75 Å². The fraction of sp³-hybridized carbons (Fsp3) is 0.588. The number of carbonyl (C=O) groups is 1. The average molecular weight is 276 g/mol. The maximum atomic E-state index is 12.1. The van der Waals surface area contributed by atoms with Gasteiger partial charge >= 0.3 is 0 Å². The molecule has 0 radical (unpaired) electrons. The molecule has 0 saturated carbocycles. The van der Waals surface area contributed by atoms with Crippen LogP contribution in [0, 0.1) is 11.3 Å². The molecule has 1 aromatic rings. The lowest BCUT2D eigenvalue weighted by atomic mass is 9.86. The number of Topliss-reactive ketones (excluding diaryl/α,β-unsaturated/α-hetero) is 1. The van der Waals surface area contributed by atoms with Gasteiger partial charge in [0.15, 0.2) is 5.78 Å². The molecule has 0 aromatic heterocycles. The molecular weight excluding hydrogens is 252 g/mol. The van der Waals surface area contributed by atoms with Crippen LogP contribution in [0.3, 0.4) is 0 Å². The first-order valence-electron chi connectivity index (χ1n) is 7.32. The van der Waals surface area contributed by atoms with Gasteiger partial charge in [-0.3, -0.25) is 4.79 Å². The minimum absolute atomic E-state index is 0.161. The van der Waals surface area contributed by atoms with Crippen LogP contribution < -0.4 is 4.74 Å². The Kier molecular flexibility index (Phi) is 4.81. The van der Waals surface area contributed by atoms with Crippen LogP contribution in [0.4, 0.5) is 0 Å². The number of hydrogen-bond acceptors (Lipinski definition) is 3. The summed E-state index contributed by atoms with van der Waals surface area (Å²) >= 11 is 0. The molecule has 1 fully saturated rings. The predicted octanol–water partition coefficient (Wildman–Crippen LogP) is 3.72. The van der Waals surface area contributed by atoms with Gasteiger partial charge in [0.1, 0.15) is 5.75 Å². The average Bonchev–Trinajstić information content (AvgIpc) is 2.45. The number of ketones is 1. The van der Waals surface area contributed by atoms with Crippen LogP contribution in [0.2, 0.25) is 0 Å². The zero-order valence-electron chi connectivity index (χ0n) is 12.6. The van der Waals surface area contributed by atoms with Gasteiger partial charge in [-0.25, -0.2) is 0 Å². The molecule has 3 heteroatoms. The third-order valence-electron chi connectivity index (χ3n) is 3.62. The molecule has 0 amide bonds. The zero-order valence-corrected chi connectivity index (χ0v) is 12.6. The molecule has 1 aliphatic rings. The van der Waals surface area contributed by atoms with E-state index in [4.69, 9.17) is 9.47 Å². The minimum Gasteiger partial charge on any atom is -0.493 e. The molecule has 2 rings (SSSR count). The molecule has 0 aliphatic carbocycles. The highest BCUT2D eigenvalue weighted by Crippen LogP contribution is 2.23. The molecule has 20 heavy (non-hydrogen) atoms. The van der Waals surface area contributed by atoms with Gasteiger partial charge in [-0.15, -0.1) is 0 Å². The number of rotatable bonds is 4. The molecule has 1 saturated heterocycles. The molecular formula is C17H24O3. The third kappa shape index (κ3) is 4.07. The number of benzene rings is 1. The van der Waals surface area contributed by atoms with Gasteiger partial charge in [0.05, 0.1) is 6.61 Å². The molecule has 1 heterocycles. The Morgan fingerprint density at radius 3 is 2.35 bits per heavy atom. The van der Waals surface area contributed by atoms with E-state index in [0.29, 0.717) is 5.92 Å². The summed E-state index contributed by atoms with van der Waals surface area (Å²) in [6, 6.07) is 7.48. The summed E-state index contributed by atoms with van der Waals surface area (Å²) in [6.45, 7) is 8.22. The van der Waals surface area contributed by atoms with E-state index in [0.717, 1.165) is 44.0 Å². The van der Waals surface area contributed by atoms with Gasteiger partial charge < -0.3 is 9.47 Å². The Labute approximate surface area is 121 Å². The van der Waals surface area contributed by atoms with E-state index in [9.17, 15) is 4.79 Å². The zero-order chi connectivity index (χ0) is 14.6. The third-order valence-corrected chi connectivity index (χ3v) is 3.62. The lowest BCUT2D eigenvalue weighted by Gasteiger charge is -2.22. The topological polar surface area (TPSA) is 35.5 Å². The molecule has 1 aromatic carbocycles. The molecule has 1 aliphatic heterocycles. The van der Waals surface area contributed by atoms with Crippen molar-refractivity contribution in [2.45, 2.75) is 33.6 Å². The summed E-state index contributed by atoms with van der Waals surface area (Å²) < 4.78 is 11.1.